The van der Waals surface area contributed by atoms with Crippen molar-refractivity contribution < 1.29 is 14.2 Å². The quantitative estimate of drug-likeness (QED) is 0.838. The second-order valence-corrected chi connectivity index (χ2v) is 3.90. The van der Waals surface area contributed by atoms with E-state index in [-0.39, 0.29) is 18.5 Å². The Morgan fingerprint density at radius 1 is 1.38 bits per heavy atom. The molecule has 0 amide bonds. The molecule has 0 radical (unpaired) electrons. The van der Waals surface area contributed by atoms with Gasteiger partial charge in [0, 0.05) is 13.1 Å². The number of morpholine rings is 1. The smallest absolute Gasteiger partial charge is 0.123 e. The molecule has 0 bridgehead atoms. The maximum absolute atomic E-state index is 12.8. The Kier molecular flexibility index (Phi) is 3.88. The van der Waals surface area contributed by atoms with Gasteiger partial charge >= 0.3 is 0 Å². The minimum absolute atomic E-state index is 0.126. The van der Waals surface area contributed by atoms with Crippen molar-refractivity contribution in [3.63, 3.8) is 0 Å². The monoisotopic (exact) mass is 225 g/mol. The maximum atomic E-state index is 12.8. The van der Waals surface area contributed by atoms with Gasteiger partial charge in [0.25, 0.3) is 0 Å². The normalized spacial score (nSPS) is 22.2. The van der Waals surface area contributed by atoms with Gasteiger partial charge in [-0.05, 0) is 17.7 Å². The molecule has 88 valence electrons. The van der Waals surface area contributed by atoms with Crippen molar-refractivity contribution >= 4 is 0 Å². The van der Waals surface area contributed by atoms with E-state index in [0.29, 0.717) is 19.8 Å². The summed E-state index contributed by atoms with van der Waals surface area (Å²) in [6.07, 6.45) is 0. The number of rotatable bonds is 3. The van der Waals surface area contributed by atoms with Crippen molar-refractivity contribution in [3.8, 4) is 0 Å². The standard InChI is InChI=1S/C12H16FNO2/c13-11-3-1-10(2-4-11)12-9-16-8-6-14(12)5-7-15/h1-4,12,15H,5-9H2. The largest absolute Gasteiger partial charge is 0.395 e. The first kappa shape index (κ1) is 11.5. The summed E-state index contributed by atoms with van der Waals surface area (Å²) in [5.41, 5.74) is 1.04. The van der Waals surface area contributed by atoms with E-state index >= 15 is 0 Å². The SMILES string of the molecule is OCCN1CCOCC1c1ccc(F)cc1. The molecule has 0 aromatic heterocycles. The molecule has 16 heavy (non-hydrogen) atoms. The molecular formula is C12H16FNO2. The second kappa shape index (κ2) is 5.39. The van der Waals surface area contributed by atoms with Gasteiger partial charge in [0.05, 0.1) is 25.9 Å². The van der Waals surface area contributed by atoms with Crippen LogP contribution in [0.15, 0.2) is 24.3 Å². The van der Waals surface area contributed by atoms with Crippen molar-refractivity contribution in [1.82, 2.24) is 4.90 Å². The minimum atomic E-state index is -0.228. The van der Waals surface area contributed by atoms with Crippen LogP contribution in [0.2, 0.25) is 0 Å². The van der Waals surface area contributed by atoms with Crippen molar-refractivity contribution in [3.05, 3.63) is 35.6 Å². The third-order valence-electron chi connectivity index (χ3n) is 2.88. The fraction of sp³-hybridized carbons (Fsp3) is 0.500. The van der Waals surface area contributed by atoms with Gasteiger partial charge in [-0.25, -0.2) is 4.39 Å². The lowest BCUT2D eigenvalue weighted by Gasteiger charge is -2.35. The summed E-state index contributed by atoms with van der Waals surface area (Å²) in [6.45, 7) is 2.87. The third-order valence-corrected chi connectivity index (χ3v) is 2.88. The van der Waals surface area contributed by atoms with E-state index in [9.17, 15) is 4.39 Å². The Hall–Kier alpha value is -0.970. The van der Waals surface area contributed by atoms with Crippen LogP contribution in [0.5, 0.6) is 0 Å². The molecule has 1 fully saturated rings. The minimum Gasteiger partial charge on any atom is -0.395 e. The molecule has 1 aromatic rings. The van der Waals surface area contributed by atoms with Gasteiger partial charge in [-0.2, -0.15) is 0 Å². The number of benzene rings is 1. The second-order valence-electron chi connectivity index (χ2n) is 3.90. The Balaban J connectivity index is 2.13. The molecule has 1 aliphatic heterocycles. The van der Waals surface area contributed by atoms with Crippen molar-refractivity contribution in [2.45, 2.75) is 6.04 Å². The molecule has 1 heterocycles. The van der Waals surface area contributed by atoms with E-state index in [0.717, 1.165) is 12.1 Å². The Labute approximate surface area is 94.4 Å². The first-order valence-electron chi connectivity index (χ1n) is 5.49. The third kappa shape index (κ3) is 2.58. The van der Waals surface area contributed by atoms with Gasteiger partial charge in [0.2, 0.25) is 0 Å². The number of β-amino-alcohol motifs (C(OH)–C–C–N with tert-alkyl or cyclic N) is 1. The van der Waals surface area contributed by atoms with E-state index in [2.05, 4.69) is 4.90 Å². The summed E-state index contributed by atoms with van der Waals surface area (Å²) in [7, 11) is 0. The molecule has 1 unspecified atom stereocenters. The van der Waals surface area contributed by atoms with Crippen LogP contribution in [-0.4, -0.2) is 42.9 Å². The number of hydrogen-bond donors (Lipinski definition) is 1. The maximum Gasteiger partial charge on any atom is 0.123 e. The summed E-state index contributed by atoms with van der Waals surface area (Å²) in [4.78, 5) is 2.16. The van der Waals surface area contributed by atoms with Crippen LogP contribution in [0.1, 0.15) is 11.6 Å². The summed E-state index contributed by atoms with van der Waals surface area (Å²) in [5, 5.41) is 8.98. The summed E-state index contributed by atoms with van der Waals surface area (Å²) < 4.78 is 18.2. The highest BCUT2D eigenvalue weighted by Crippen LogP contribution is 2.23. The van der Waals surface area contributed by atoms with Gasteiger partial charge < -0.3 is 9.84 Å². The topological polar surface area (TPSA) is 32.7 Å². The predicted molar refractivity (Wildman–Crippen MR) is 58.6 cm³/mol. The van der Waals surface area contributed by atoms with Crippen LogP contribution >= 0.6 is 0 Å². The van der Waals surface area contributed by atoms with Crippen molar-refractivity contribution in [2.24, 2.45) is 0 Å². The number of aliphatic hydroxyl groups is 1. The van der Waals surface area contributed by atoms with Crippen LogP contribution in [0.3, 0.4) is 0 Å². The lowest BCUT2D eigenvalue weighted by Crippen LogP contribution is -2.40. The fourth-order valence-corrected chi connectivity index (χ4v) is 2.03. The summed E-state index contributed by atoms with van der Waals surface area (Å²) in [5.74, 6) is -0.228. The van der Waals surface area contributed by atoms with E-state index in [1.54, 1.807) is 12.1 Å². The zero-order valence-electron chi connectivity index (χ0n) is 9.10. The van der Waals surface area contributed by atoms with Crippen LogP contribution in [0.25, 0.3) is 0 Å². The van der Waals surface area contributed by atoms with Gasteiger partial charge in [-0.3, -0.25) is 4.90 Å². The molecule has 3 nitrogen and oxygen atoms in total. The van der Waals surface area contributed by atoms with Crippen molar-refractivity contribution in [1.29, 1.82) is 0 Å². The lowest BCUT2D eigenvalue weighted by atomic mass is 10.0. The van der Waals surface area contributed by atoms with E-state index < -0.39 is 0 Å². The van der Waals surface area contributed by atoms with Gasteiger partial charge in [0.15, 0.2) is 0 Å². The molecule has 0 saturated carbocycles. The molecule has 0 aliphatic carbocycles. The zero-order chi connectivity index (χ0) is 11.4. The van der Waals surface area contributed by atoms with Gasteiger partial charge in [-0.15, -0.1) is 0 Å². The van der Waals surface area contributed by atoms with Crippen molar-refractivity contribution in [2.75, 3.05) is 32.9 Å². The number of ether oxygens (including phenoxy) is 1. The number of hydrogen-bond acceptors (Lipinski definition) is 3. The van der Waals surface area contributed by atoms with Crippen LogP contribution in [0, 0.1) is 5.82 Å². The lowest BCUT2D eigenvalue weighted by molar-refractivity contribution is -0.0146. The van der Waals surface area contributed by atoms with Crippen LogP contribution in [0.4, 0.5) is 4.39 Å². The van der Waals surface area contributed by atoms with Gasteiger partial charge in [0.1, 0.15) is 5.82 Å². The Bertz CT molecular complexity index is 326. The summed E-state index contributed by atoms with van der Waals surface area (Å²) >= 11 is 0. The fourth-order valence-electron chi connectivity index (χ4n) is 2.03. The Morgan fingerprint density at radius 3 is 2.81 bits per heavy atom. The summed E-state index contributed by atoms with van der Waals surface area (Å²) in [6, 6.07) is 6.60. The molecule has 1 aliphatic rings. The molecule has 1 saturated heterocycles. The Morgan fingerprint density at radius 2 is 2.12 bits per heavy atom. The highest BCUT2D eigenvalue weighted by atomic mass is 19.1. The molecular weight excluding hydrogens is 209 g/mol. The average molecular weight is 225 g/mol. The molecule has 2 rings (SSSR count). The highest BCUT2D eigenvalue weighted by Gasteiger charge is 2.23. The molecule has 1 aromatic carbocycles. The van der Waals surface area contributed by atoms with Gasteiger partial charge in [-0.1, -0.05) is 12.1 Å². The first-order valence-corrected chi connectivity index (χ1v) is 5.49. The number of nitrogens with zero attached hydrogens (tertiary/aromatic N) is 1. The molecule has 1 atom stereocenters. The molecule has 1 N–H and O–H groups in total. The zero-order valence-corrected chi connectivity index (χ0v) is 9.10. The predicted octanol–water partition coefficient (Wildman–Crippen LogP) is 1.19. The number of aliphatic hydroxyl groups excluding tert-OH is 1. The van der Waals surface area contributed by atoms with E-state index in [1.807, 2.05) is 0 Å². The average Bonchev–Trinajstić information content (AvgIpc) is 2.32. The molecule has 0 spiro atoms. The van der Waals surface area contributed by atoms with Crippen LogP contribution < -0.4 is 0 Å². The number of halogens is 1. The van der Waals surface area contributed by atoms with E-state index in [1.165, 1.54) is 12.1 Å². The first-order chi connectivity index (χ1) is 7.81. The van der Waals surface area contributed by atoms with Crippen LogP contribution in [-0.2, 0) is 4.74 Å². The van der Waals surface area contributed by atoms with E-state index in [4.69, 9.17) is 9.84 Å². The molecule has 4 heteroatoms. The highest BCUT2D eigenvalue weighted by molar-refractivity contribution is 5.20.